The zero-order valence-corrected chi connectivity index (χ0v) is 12.6. The molecule has 1 aliphatic carbocycles. The molecule has 0 aromatic carbocycles. The van der Waals surface area contributed by atoms with E-state index < -0.39 is 5.97 Å². The van der Waals surface area contributed by atoms with E-state index in [-0.39, 0.29) is 29.3 Å². The summed E-state index contributed by atoms with van der Waals surface area (Å²) in [4.78, 5) is 23.1. The van der Waals surface area contributed by atoms with Gasteiger partial charge in [0.05, 0.1) is 12.1 Å². The molecule has 2 rings (SSSR count). The van der Waals surface area contributed by atoms with Crippen molar-refractivity contribution in [3.8, 4) is 0 Å². The van der Waals surface area contributed by atoms with Crippen molar-refractivity contribution in [1.29, 1.82) is 0 Å². The number of amides is 2. The Morgan fingerprint density at radius 2 is 2.19 bits per heavy atom. The number of hydrogen-bond donors (Lipinski definition) is 3. The number of aryl methyl sites for hydroxylation is 1. The molecule has 2 amide bonds. The molecule has 1 heterocycles. The van der Waals surface area contributed by atoms with Crippen molar-refractivity contribution < 1.29 is 14.7 Å². The fourth-order valence-electron chi connectivity index (χ4n) is 3.09. The normalized spacial score (nSPS) is 24.8. The molecule has 1 fully saturated rings. The minimum absolute atomic E-state index is 0.114. The molecule has 3 N–H and O–H groups in total. The number of nitrogens with zero attached hydrogens (tertiary/aromatic N) is 3. The molecule has 1 saturated carbocycles. The van der Waals surface area contributed by atoms with Crippen molar-refractivity contribution in [2.75, 3.05) is 5.32 Å². The zero-order valence-electron chi connectivity index (χ0n) is 12.6. The number of carboxylic acid groups (broad SMARTS) is 1. The predicted molar refractivity (Wildman–Crippen MR) is 75.6 cm³/mol. The van der Waals surface area contributed by atoms with Crippen molar-refractivity contribution >= 4 is 17.8 Å². The van der Waals surface area contributed by atoms with Crippen LogP contribution in [0.15, 0.2) is 6.20 Å². The second-order valence-electron chi connectivity index (χ2n) is 6.18. The molecule has 21 heavy (non-hydrogen) atoms. The lowest BCUT2D eigenvalue weighted by Crippen LogP contribution is -2.57. The number of urea groups is 1. The number of carbonyl (C=O) groups is 2. The van der Waals surface area contributed by atoms with E-state index in [9.17, 15) is 9.59 Å². The standard InChI is InChI=1S/C13H21N5O3/c1-7(8-5-9(11(19)20)13(8,2)3)15-12(21)16-10-6-14-17-18(10)4/h6-9H,5H2,1-4H3,(H,19,20)(H2,15,16,21)/t7?,8-,9+/m0/s1. The van der Waals surface area contributed by atoms with Crippen LogP contribution in [0, 0.1) is 17.3 Å². The van der Waals surface area contributed by atoms with Gasteiger partial charge in [0.15, 0.2) is 5.82 Å². The average Bonchev–Trinajstić information content (AvgIpc) is 2.72. The molecule has 0 spiro atoms. The van der Waals surface area contributed by atoms with Gasteiger partial charge in [-0.25, -0.2) is 9.48 Å². The largest absolute Gasteiger partial charge is 0.481 e. The molecule has 1 unspecified atom stereocenters. The Bertz CT molecular complexity index is 554. The maximum atomic E-state index is 11.9. The van der Waals surface area contributed by atoms with Crippen molar-refractivity contribution in [2.45, 2.75) is 33.2 Å². The minimum Gasteiger partial charge on any atom is -0.481 e. The van der Waals surface area contributed by atoms with Crippen LogP contribution >= 0.6 is 0 Å². The summed E-state index contributed by atoms with van der Waals surface area (Å²) >= 11 is 0. The number of nitrogens with one attached hydrogen (secondary N) is 2. The number of anilines is 1. The van der Waals surface area contributed by atoms with Crippen LogP contribution in [-0.2, 0) is 11.8 Å². The van der Waals surface area contributed by atoms with Gasteiger partial charge in [0, 0.05) is 13.1 Å². The first-order valence-electron chi connectivity index (χ1n) is 6.88. The monoisotopic (exact) mass is 295 g/mol. The van der Waals surface area contributed by atoms with Crippen molar-refractivity contribution in [3.05, 3.63) is 6.20 Å². The Balaban J connectivity index is 1.91. The number of carboxylic acids is 1. The fourth-order valence-corrected chi connectivity index (χ4v) is 3.09. The van der Waals surface area contributed by atoms with Gasteiger partial charge in [-0.1, -0.05) is 19.1 Å². The number of aliphatic carboxylic acids is 1. The van der Waals surface area contributed by atoms with Crippen molar-refractivity contribution in [1.82, 2.24) is 20.3 Å². The molecule has 1 aliphatic rings. The molecule has 1 aromatic rings. The third kappa shape index (κ3) is 2.84. The van der Waals surface area contributed by atoms with Gasteiger partial charge >= 0.3 is 12.0 Å². The fraction of sp³-hybridized carbons (Fsp3) is 0.692. The van der Waals surface area contributed by atoms with Crippen molar-refractivity contribution in [2.24, 2.45) is 24.3 Å². The van der Waals surface area contributed by atoms with E-state index in [1.54, 1.807) is 7.05 Å². The molecule has 0 aliphatic heterocycles. The summed E-state index contributed by atoms with van der Waals surface area (Å²) < 4.78 is 1.46. The van der Waals surface area contributed by atoms with Crippen LogP contribution in [0.1, 0.15) is 27.2 Å². The first-order chi connectivity index (χ1) is 9.73. The Kier molecular flexibility index (Phi) is 3.89. The van der Waals surface area contributed by atoms with Crippen LogP contribution < -0.4 is 10.6 Å². The van der Waals surface area contributed by atoms with Crippen LogP contribution in [0.2, 0.25) is 0 Å². The lowest BCUT2D eigenvalue weighted by molar-refractivity contribution is -0.160. The average molecular weight is 295 g/mol. The van der Waals surface area contributed by atoms with Crippen LogP contribution in [0.4, 0.5) is 10.6 Å². The Morgan fingerprint density at radius 3 is 2.67 bits per heavy atom. The summed E-state index contributed by atoms with van der Waals surface area (Å²) in [5, 5.41) is 22.0. The summed E-state index contributed by atoms with van der Waals surface area (Å²) in [5.74, 6) is -0.491. The van der Waals surface area contributed by atoms with Crippen LogP contribution in [0.3, 0.4) is 0 Å². The van der Waals surface area contributed by atoms with Gasteiger partial charge in [-0.15, -0.1) is 5.10 Å². The van der Waals surface area contributed by atoms with Crippen LogP contribution in [0.5, 0.6) is 0 Å². The van der Waals surface area contributed by atoms with E-state index in [1.165, 1.54) is 10.9 Å². The smallest absolute Gasteiger partial charge is 0.320 e. The lowest BCUT2D eigenvalue weighted by Gasteiger charge is -2.52. The topological polar surface area (TPSA) is 109 Å². The number of aromatic nitrogens is 3. The number of hydrogen-bond acceptors (Lipinski definition) is 4. The van der Waals surface area contributed by atoms with E-state index in [0.717, 1.165) is 0 Å². The molecule has 0 saturated heterocycles. The van der Waals surface area contributed by atoms with E-state index in [1.807, 2.05) is 20.8 Å². The second-order valence-corrected chi connectivity index (χ2v) is 6.18. The molecule has 8 nitrogen and oxygen atoms in total. The SMILES string of the molecule is CC(NC(=O)Nc1cnnn1C)[C@@H]1C[C@H](C(=O)O)C1(C)C. The predicted octanol–water partition coefficient (Wildman–Crippen LogP) is 1.07. The van der Waals surface area contributed by atoms with Crippen LogP contribution in [0.25, 0.3) is 0 Å². The quantitative estimate of drug-likeness (QED) is 0.770. The van der Waals surface area contributed by atoms with Gasteiger partial charge in [0.1, 0.15) is 0 Å². The molecule has 3 atom stereocenters. The van der Waals surface area contributed by atoms with E-state index >= 15 is 0 Å². The van der Waals surface area contributed by atoms with Gasteiger partial charge in [-0.05, 0) is 24.7 Å². The molecule has 8 heteroatoms. The van der Waals surface area contributed by atoms with E-state index in [4.69, 9.17) is 5.11 Å². The highest BCUT2D eigenvalue weighted by molar-refractivity contribution is 5.88. The first kappa shape index (κ1) is 15.3. The van der Waals surface area contributed by atoms with Gasteiger partial charge in [-0.3, -0.25) is 10.1 Å². The van der Waals surface area contributed by atoms with Gasteiger partial charge in [-0.2, -0.15) is 0 Å². The van der Waals surface area contributed by atoms with Crippen molar-refractivity contribution in [3.63, 3.8) is 0 Å². The van der Waals surface area contributed by atoms with E-state index in [2.05, 4.69) is 20.9 Å². The highest BCUT2D eigenvalue weighted by Gasteiger charge is 2.53. The maximum absolute atomic E-state index is 11.9. The Hall–Kier alpha value is -2.12. The number of carbonyl (C=O) groups excluding carboxylic acids is 1. The molecular formula is C13H21N5O3. The molecule has 1 aromatic heterocycles. The summed E-state index contributed by atoms with van der Waals surface area (Å²) in [5.41, 5.74) is -0.327. The third-order valence-corrected chi connectivity index (χ3v) is 4.56. The molecule has 0 bridgehead atoms. The molecule has 0 radical (unpaired) electrons. The zero-order chi connectivity index (χ0) is 15.8. The second kappa shape index (κ2) is 5.34. The summed E-state index contributed by atoms with van der Waals surface area (Å²) in [6.45, 7) is 5.76. The summed E-state index contributed by atoms with van der Waals surface area (Å²) in [6.07, 6.45) is 2.04. The third-order valence-electron chi connectivity index (χ3n) is 4.56. The Labute approximate surface area is 122 Å². The highest BCUT2D eigenvalue weighted by atomic mass is 16.4. The summed E-state index contributed by atoms with van der Waals surface area (Å²) in [6, 6.07) is -0.459. The maximum Gasteiger partial charge on any atom is 0.320 e. The number of rotatable bonds is 4. The highest BCUT2D eigenvalue weighted by Crippen LogP contribution is 2.52. The molecular weight excluding hydrogens is 274 g/mol. The minimum atomic E-state index is -0.770. The lowest BCUT2D eigenvalue weighted by atomic mass is 9.53. The van der Waals surface area contributed by atoms with Gasteiger partial charge in [0.2, 0.25) is 0 Å². The molecule has 116 valence electrons. The van der Waals surface area contributed by atoms with Gasteiger partial charge < -0.3 is 10.4 Å². The van der Waals surface area contributed by atoms with Crippen LogP contribution in [-0.4, -0.2) is 38.1 Å². The summed E-state index contributed by atoms with van der Waals surface area (Å²) in [7, 11) is 1.68. The van der Waals surface area contributed by atoms with E-state index in [0.29, 0.717) is 12.2 Å². The first-order valence-corrected chi connectivity index (χ1v) is 6.88. The Morgan fingerprint density at radius 1 is 1.52 bits per heavy atom. The van der Waals surface area contributed by atoms with Gasteiger partial charge in [0.25, 0.3) is 0 Å².